The fourth-order valence-electron chi connectivity index (χ4n) is 1.60. The van der Waals surface area contributed by atoms with E-state index < -0.39 is 0 Å². The second-order valence-electron chi connectivity index (χ2n) is 3.79. The largest absolute Gasteiger partial charge is 0.497 e. The second kappa shape index (κ2) is 5.74. The number of methoxy groups -OCH3 is 1. The predicted molar refractivity (Wildman–Crippen MR) is 71.7 cm³/mol. The van der Waals surface area contributed by atoms with E-state index in [4.69, 9.17) is 16.3 Å². The van der Waals surface area contributed by atoms with E-state index in [1.54, 1.807) is 43.5 Å². The summed E-state index contributed by atoms with van der Waals surface area (Å²) in [6.45, 7) is 0.375. The zero-order chi connectivity index (χ0) is 13.0. The summed E-state index contributed by atoms with van der Waals surface area (Å²) >= 11 is 6.05. The van der Waals surface area contributed by atoms with Crippen LogP contribution >= 0.6 is 11.6 Å². The van der Waals surface area contributed by atoms with Crippen LogP contribution in [0.25, 0.3) is 0 Å². The molecule has 0 aliphatic heterocycles. The molecule has 0 aliphatic rings. The van der Waals surface area contributed by atoms with E-state index in [0.717, 1.165) is 5.69 Å². The summed E-state index contributed by atoms with van der Waals surface area (Å²) in [5.41, 5.74) is 1.32. The molecule has 0 aromatic heterocycles. The molecule has 2 rings (SSSR count). The van der Waals surface area contributed by atoms with Gasteiger partial charge in [0.25, 0.3) is 0 Å². The minimum Gasteiger partial charge on any atom is -0.497 e. The Labute approximate surface area is 110 Å². The van der Waals surface area contributed by atoms with Gasteiger partial charge in [0, 0.05) is 18.2 Å². The van der Waals surface area contributed by atoms with Gasteiger partial charge in [-0.15, -0.1) is 0 Å². The standard InChI is InChI=1S/C14H13ClFNO/c1-18-11-6-7-12(15)14(8-11)17-9-10-4-2-3-5-13(10)16/h2-8,17H,9H2,1H3. The van der Waals surface area contributed by atoms with Gasteiger partial charge in [0.15, 0.2) is 0 Å². The molecule has 2 aromatic rings. The molecule has 2 aromatic carbocycles. The smallest absolute Gasteiger partial charge is 0.128 e. The van der Waals surface area contributed by atoms with E-state index in [1.807, 2.05) is 0 Å². The summed E-state index contributed by atoms with van der Waals surface area (Å²) in [7, 11) is 1.59. The lowest BCUT2D eigenvalue weighted by Crippen LogP contribution is -2.02. The van der Waals surface area contributed by atoms with Gasteiger partial charge in [0.2, 0.25) is 0 Å². The first-order chi connectivity index (χ1) is 8.70. The lowest BCUT2D eigenvalue weighted by molar-refractivity contribution is 0.415. The predicted octanol–water partition coefficient (Wildman–Crippen LogP) is 4.10. The number of ether oxygens (including phenoxy) is 1. The van der Waals surface area contributed by atoms with Crippen LogP contribution in [-0.4, -0.2) is 7.11 Å². The van der Waals surface area contributed by atoms with Gasteiger partial charge in [-0.05, 0) is 18.2 Å². The molecular formula is C14H13ClFNO. The van der Waals surface area contributed by atoms with Crippen LogP contribution in [0.5, 0.6) is 5.75 Å². The lowest BCUT2D eigenvalue weighted by Gasteiger charge is -2.10. The van der Waals surface area contributed by atoms with Crippen molar-refractivity contribution < 1.29 is 9.13 Å². The maximum absolute atomic E-state index is 13.4. The number of hydrogen-bond acceptors (Lipinski definition) is 2. The average Bonchev–Trinajstić information content (AvgIpc) is 2.39. The van der Waals surface area contributed by atoms with E-state index >= 15 is 0 Å². The van der Waals surface area contributed by atoms with E-state index in [9.17, 15) is 4.39 Å². The maximum atomic E-state index is 13.4. The van der Waals surface area contributed by atoms with E-state index in [-0.39, 0.29) is 5.82 Å². The highest BCUT2D eigenvalue weighted by atomic mass is 35.5. The molecule has 0 fully saturated rings. The summed E-state index contributed by atoms with van der Waals surface area (Å²) in [4.78, 5) is 0. The fraction of sp³-hybridized carbons (Fsp3) is 0.143. The minimum absolute atomic E-state index is 0.232. The molecule has 0 atom stereocenters. The molecule has 0 saturated carbocycles. The summed E-state index contributed by atoms with van der Waals surface area (Å²) in [5.74, 6) is 0.472. The molecule has 0 unspecified atom stereocenters. The Balaban J connectivity index is 2.13. The molecule has 2 nitrogen and oxygen atoms in total. The number of benzene rings is 2. The monoisotopic (exact) mass is 265 g/mol. The van der Waals surface area contributed by atoms with Crippen LogP contribution in [0, 0.1) is 5.82 Å². The van der Waals surface area contributed by atoms with Crippen molar-refractivity contribution in [2.75, 3.05) is 12.4 Å². The van der Waals surface area contributed by atoms with Crippen molar-refractivity contribution in [3.8, 4) is 5.75 Å². The van der Waals surface area contributed by atoms with Crippen molar-refractivity contribution >= 4 is 17.3 Å². The molecule has 0 amide bonds. The van der Waals surface area contributed by atoms with Crippen LogP contribution in [0.3, 0.4) is 0 Å². The highest BCUT2D eigenvalue weighted by Crippen LogP contribution is 2.27. The van der Waals surface area contributed by atoms with E-state index in [1.165, 1.54) is 6.07 Å². The Morgan fingerprint density at radius 1 is 1.22 bits per heavy atom. The molecule has 18 heavy (non-hydrogen) atoms. The molecule has 0 heterocycles. The first-order valence-electron chi connectivity index (χ1n) is 5.51. The molecule has 0 aliphatic carbocycles. The number of hydrogen-bond donors (Lipinski definition) is 1. The Bertz CT molecular complexity index is 545. The summed E-state index contributed by atoms with van der Waals surface area (Å²) in [5, 5.41) is 3.67. The van der Waals surface area contributed by atoms with Crippen molar-refractivity contribution in [1.82, 2.24) is 0 Å². The Morgan fingerprint density at radius 3 is 2.72 bits per heavy atom. The second-order valence-corrected chi connectivity index (χ2v) is 4.20. The van der Waals surface area contributed by atoms with Gasteiger partial charge in [-0.25, -0.2) is 4.39 Å². The highest BCUT2D eigenvalue weighted by molar-refractivity contribution is 6.33. The number of anilines is 1. The summed E-state index contributed by atoms with van der Waals surface area (Å²) in [6.07, 6.45) is 0. The zero-order valence-corrected chi connectivity index (χ0v) is 10.7. The third-order valence-electron chi connectivity index (χ3n) is 2.60. The van der Waals surface area contributed by atoms with Crippen LogP contribution in [0.4, 0.5) is 10.1 Å². The Kier molecular flexibility index (Phi) is 4.05. The number of rotatable bonds is 4. The van der Waals surface area contributed by atoms with Gasteiger partial charge >= 0.3 is 0 Å². The Hall–Kier alpha value is -1.74. The molecule has 0 radical (unpaired) electrons. The average molecular weight is 266 g/mol. The SMILES string of the molecule is COc1ccc(Cl)c(NCc2ccccc2F)c1. The molecule has 94 valence electrons. The van der Waals surface area contributed by atoms with Crippen molar-refractivity contribution in [2.45, 2.75) is 6.54 Å². The minimum atomic E-state index is -0.232. The molecule has 1 N–H and O–H groups in total. The quantitative estimate of drug-likeness (QED) is 0.899. The molecular weight excluding hydrogens is 253 g/mol. The van der Waals surface area contributed by atoms with Crippen molar-refractivity contribution in [3.05, 3.63) is 58.9 Å². The first-order valence-corrected chi connectivity index (χ1v) is 5.89. The van der Waals surface area contributed by atoms with E-state index in [2.05, 4.69) is 5.32 Å². The molecule has 0 spiro atoms. The summed E-state index contributed by atoms with van der Waals surface area (Å²) < 4.78 is 18.6. The van der Waals surface area contributed by atoms with Gasteiger partial charge in [-0.2, -0.15) is 0 Å². The molecule has 0 bridgehead atoms. The lowest BCUT2D eigenvalue weighted by atomic mass is 10.2. The molecule has 0 saturated heterocycles. The van der Waals surface area contributed by atoms with Crippen LogP contribution in [0.15, 0.2) is 42.5 Å². The first kappa shape index (κ1) is 12.7. The molecule has 4 heteroatoms. The zero-order valence-electron chi connectivity index (χ0n) is 9.91. The van der Waals surface area contributed by atoms with Crippen LogP contribution < -0.4 is 10.1 Å². The van der Waals surface area contributed by atoms with Crippen molar-refractivity contribution in [3.63, 3.8) is 0 Å². The topological polar surface area (TPSA) is 21.3 Å². The Morgan fingerprint density at radius 2 is 2.00 bits per heavy atom. The summed E-state index contributed by atoms with van der Waals surface area (Å²) in [6, 6.07) is 11.9. The number of nitrogens with one attached hydrogen (secondary N) is 1. The third-order valence-corrected chi connectivity index (χ3v) is 2.93. The fourth-order valence-corrected chi connectivity index (χ4v) is 1.78. The van der Waals surface area contributed by atoms with Gasteiger partial charge in [-0.1, -0.05) is 29.8 Å². The normalized spacial score (nSPS) is 10.2. The van der Waals surface area contributed by atoms with Gasteiger partial charge in [-0.3, -0.25) is 0 Å². The van der Waals surface area contributed by atoms with Crippen LogP contribution in [0.2, 0.25) is 5.02 Å². The van der Waals surface area contributed by atoms with Crippen molar-refractivity contribution in [1.29, 1.82) is 0 Å². The maximum Gasteiger partial charge on any atom is 0.128 e. The van der Waals surface area contributed by atoms with Gasteiger partial charge < -0.3 is 10.1 Å². The van der Waals surface area contributed by atoms with Crippen LogP contribution in [0.1, 0.15) is 5.56 Å². The van der Waals surface area contributed by atoms with Gasteiger partial charge in [0.1, 0.15) is 11.6 Å². The highest BCUT2D eigenvalue weighted by Gasteiger charge is 2.04. The van der Waals surface area contributed by atoms with Gasteiger partial charge in [0.05, 0.1) is 17.8 Å². The van der Waals surface area contributed by atoms with E-state index in [0.29, 0.717) is 22.9 Å². The van der Waals surface area contributed by atoms with Crippen LogP contribution in [-0.2, 0) is 6.54 Å². The third kappa shape index (κ3) is 2.93. The van der Waals surface area contributed by atoms with Crippen molar-refractivity contribution in [2.24, 2.45) is 0 Å². The number of halogens is 2.